The number of isocyanates is 1. The van der Waals surface area contributed by atoms with E-state index < -0.39 is 0 Å². The fraction of sp³-hybridized carbons (Fsp3) is 0.111. The predicted octanol–water partition coefficient (Wildman–Crippen LogP) is 1.83. The molecular weight excluding hydrogens is 152 g/mol. The summed E-state index contributed by atoms with van der Waals surface area (Å²) in [7, 11) is 0. The Morgan fingerprint density at radius 2 is 2.25 bits per heavy atom. The van der Waals surface area contributed by atoms with Crippen LogP contribution in [0.2, 0.25) is 0 Å². The van der Waals surface area contributed by atoms with E-state index in [4.69, 9.17) is 5.26 Å². The van der Waals surface area contributed by atoms with E-state index in [1.807, 2.05) is 6.07 Å². The summed E-state index contributed by atoms with van der Waals surface area (Å²) in [5.74, 6) is 0. The van der Waals surface area contributed by atoms with Gasteiger partial charge in [-0.2, -0.15) is 10.3 Å². The third-order valence-electron chi connectivity index (χ3n) is 1.59. The summed E-state index contributed by atoms with van der Waals surface area (Å²) in [5, 5.41) is 8.62. The van der Waals surface area contributed by atoms with E-state index in [9.17, 15) is 4.79 Å². The molecule has 3 heteroatoms. The molecule has 0 spiro atoms. The summed E-state index contributed by atoms with van der Waals surface area (Å²) < 4.78 is 0. The Bertz CT molecular complexity index is 384. The summed E-state index contributed by atoms with van der Waals surface area (Å²) in [4.78, 5) is 13.4. The molecule has 58 valence electrons. The van der Waals surface area contributed by atoms with Crippen molar-refractivity contribution >= 4 is 11.8 Å². The topological polar surface area (TPSA) is 53.2 Å². The maximum Gasteiger partial charge on any atom is 0.240 e. The van der Waals surface area contributed by atoms with Gasteiger partial charge in [-0.15, -0.1) is 0 Å². The Kier molecular flexibility index (Phi) is 2.37. The lowest BCUT2D eigenvalue weighted by Crippen LogP contribution is -1.81. The van der Waals surface area contributed by atoms with Gasteiger partial charge in [0, 0.05) is 0 Å². The minimum Gasteiger partial charge on any atom is -0.211 e. The van der Waals surface area contributed by atoms with Crippen LogP contribution in [0, 0.1) is 18.3 Å². The van der Waals surface area contributed by atoms with Gasteiger partial charge in [0.05, 0.1) is 17.3 Å². The van der Waals surface area contributed by atoms with E-state index in [0.717, 1.165) is 0 Å². The van der Waals surface area contributed by atoms with Crippen LogP contribution in [-0.2, 0) is 4.79 Å². The lowest BCUT2D eigenvalue weighted by Gasteiger charge is -1.97. The lowest BCUT2D eigenvalue weighted by molar-refractivity contribution is 0.565. The Labute approximate surface area is 70.0 Å². The molecule has 0 aliphatic heterocycles. The van der Waals surface area contributed by atoms with Gasteiger partial charge in [0.15, 0.2) is 0 Å². The van der Waals surface area contributed by atoms with Gasteiger partial charge in [-0.3, -0.25) is 0 Å². The van der Waals surface area contributed by atoms with Crippen LogP contribution in [0.4, 0.5) is 5.69 Å². The molecule has 0 saturated carbocycles. The Morgan fingerprint density at radius 1 is 1.50 bits per heavy atom. The molecule has 0 atom stereocenters. The average Bonchev–Trinajstić information content (AvgIpc) is 2.09. The minimum absolute atomic E-state index is 0.504. The number of aliphatic imine (C=N–C) groups is 1. The van der Waals surface area contributed by atoms with Crippen molar-refractivity contribution < 1.29 is 4.79 Å². The van der Waals surface area contributed by atoms with Crippen molar-refractivity contribution in [1.82, 2.24) is 0 Å². The summed E-state index contributed by atoms with van der Waals surface area (Å²) in [6, 6.07) is 7.03. The zero-order valence-electron chi connectivity index (χ0n) is 6.53. The molecule has 0 aliphatic rings. The number of hydrogen-bond donors (Lipinski definition) is 0. The first-order valence-corrected chi connectivity index (χ1v) is 3.37. The minimum atomic E-state index is 0.504. The normalized spacial score (nSPS) is 8.33. The molecule has 0 bridgehead atoms. The molecule has 0 fully saturated rings. The van der Waals surface area contributed by atoms with Crippen molar-refractivity contribution in [2.45, 2.75) is 6.92 Å². The van der Waals surface area contributed by atoms with E-state index in [1.165, 1.54) is 6.08 Å². The molecule has 0 heterocycles. The first kappa shape index (κ1) is 8.19. The Balaban J connectivity index is 3.34. The van der Waals surface area contributed by atoms with E-state index in [-0.39, 0.29) is 0 Å². The number of carbonyl (C=O) groups excluding carboxylic acids is 1. The average molecular weight is 158 g/mol. The molecule has 1 rings (SSSR count). The van der Waals surface area contributed by atoms with Crippen molar-refractivity contribution in [3.63, 3.8) is 0 Å². The van der Waals surface area contributed by atoms with Crippen molar-refractivity contribution in [1.29, 1.82) is 5.26 Å². The van der Waals surface area contributed by atoms with Gasteiger partial charge in [0.2, 0.25) is 6.08 Å². The van der Waals surface area contributed by atoms with Crippen LogP contribution >= 0.6 is 0 Å². The number of nitrogens with zero attached hydrogens (tertiary/aromatic N) is 2. The first-order valence-electron chi connectivity index (χ1n) is 3.37. The van der Waals surface area contributed by atoms with Crippen LogP contribution in [0.5, 0.6) is 0 Å². The SMILES string of the molecule is Cc1c(C#N)cccc1N=C=O. The molecule has 0 N–H and O–H groups in total. The molecule has 0 radical (unpaired) electrons. The summed E-state index contributed by atoms with van der Waals surface area (Å²) in [5.41, 5.74) is 1.75. The van der Waals surface area contributed by atoms with Crippen LogP contribution in [-0.4, -0.2) is 6.08 Å². The zero-order valence-corrected chi connectivity index (χ0v) is 6.53. The molecule has 0 aromatic heterocycles. The monoisotopic (exact) mass is 158 g/mol. The van der Waals surface area contributed by atoms with Crippen molar-refractivity contribution in [2.75, 3.05) is 0 Å². The van der Waals surface area contributed by atoms with Gasteiger partial charge in [-0.1, -0.05) is 6.07 Å². The summed E-state index contributed by atoms with van der Waals surface area (Å²) in [6.07, 6.45) is 1.44. The second-order valence-corrected chi connectivity index (χ2v) is 2.26. The van der Waals surface area contributed by atoms with Gasteiger partial charge >= 0.3 is 0 Å². The standard InChI is InChI=1S/C9H6N2O/c1-7-8(5-10)3-2-4-9(7)11-6-12/h2-4H,1H3. The van der Waals surface area contributed by atoms with Gasteiger partial charge in [-0.05, 0) is 24.6 Å². The fourth-order valence-electron chi connectivity index (χ4n) is 0.915. The summed E-state index contributed by atoms with van der Waals surface area (Å²) >= 11 is 0. The van der Waals surface area contributed by atoms with Crippen LogP contribution < -0.4 is 0 Å². The number of hydrogen-bond acceptors (Lipinski definition) is 3. The number of benzene rings is 1. The molecule has 0 aliphatic carbocycles. The highest BCUT2D eigenvalue weighted by atomic mass is 16.1. The number of rotatable bonds is 1. The second kappa shape index (κ2) is 3.47. The van der Waals surface area contributed by atoms with Gasteiger partial charge in [0.25, 0.3) is 0 Å². The maximum atomic E-state index is 9.95. The van der Waals surface area contributed by atoms with Crippen LogP contribution in [0.3, 0.4) is 0 Å². The molecule has 12 heavy (non-hydrogen) atoms. The largest absolute Gasteiger partial charge is 0.240 e. The highest BCUT2D eigenvalue weighted by molar-refractivity contribution is 5.58. The second-order valence-electron chi connectivity index (χ2n) is 2.26. The van der Waals surface area contributed by atoms with E-state index in [1.54, 1.807) is 25.1 Å². The van der Waals surface area contributed by atoms with E-state index >= 15 is 0 Å². The quantitative estimate of drug-likeness (QED) is 0.462. The Hall–Kier alpha value is -1.91. The van der Waals surface area contributed by atoms with Crippen LogP contribution in [0.15, 0.2) is 23.2 Å². The predicted molar refractivity (Wildman–Crippen MR) is 43.7 cm³/mol. The maximum absolute atomic E-state index is 9.95. The van der Waals surface area contributed by atoms with Crippen molar-refractivity contribution in [2.24, 2.45) is 4.99 Å². The zero-order chi connectivity index (χ0) is 8.97. The first-order chi connectivity index (χ1) is 5.79. The molecule has 3 nitrogen and oxygen atoms in total. The van der Waals surface area contributed by atoms with Gasteiger partial charge in [-0.25, -0.2) is 4.79 Å². The van der Waals surface area contributed by atoms with Crippen molar-refractivity contribution in [3.05, 3.63) is 29.3 Å². The molecule has 0 saturated heterocycles. The number of nitriles is 1. The smallest absolute Gasteiger partial charge is 0.211 e. The van der Waals surface area contributed by atoms with Crippen LogP contribution in [0.25, 0.3) is 0 Å². The molecule has 0 amide bonds. The Morgan fingerprint density at radius 3 is 2.83 bits per heavy atom. The van der Waals surface area contributed by atoms with E-state index in [0.29, 0.717) is 16.8 Å². The highest BCUT2D eigenvalue weighted by Gasteiger charge is 2.00. The highest BCUT2D eigenvalue weighted by Crippen LogP contribution is 2.20. The van der Waals surface area contributed by atoms with Crippen LogP contribution in [0.1, 0.15) is 11.1 Å². The third kappa shape index (κ3) is 1.39. The molecule has 1 aromatic rings. The van der Waals surface area contributed by atoms with Gasteiger partial charge in [0.1, 0.15) is 0 Å². The fourth-order valence-corrected chi connectivity index (χ4v) is 0.915. The lowest BCUT2D eigenvalue weighted by atomic mass is 10.1. The molecule has 0 unspecified atom stereocenters. The molecular formula is C9H6N2O. The van der Waals surface area contributed by atoms with E-state index in [2.05, 4.69) is 4.99 Å². The summed E-state index contributed by atoms with van der Waals surface area (Å²) in [6.45, 7) is 1.74. The third-order valence-corrected chi connectivity index (χ3v) is 1.59. The van der Waals surface area contributed by atoms with Gasteiger partial charge < -0.3 is 0 Å². The molecule has 1 aromatic carbocycles. The van der Waals surface area contributed by atoms with Crippen molar-refractivity contribution in [3.8, 4) is 6.07 Å².